The van der Waals surface area contributed by atoms with E-state index in [1.165, 1.54) is 37.1 Å². The Morgan fingerprint density at radius 2 is 1.85 bits per heavy atom. The number of anilines is 1. The highest BCUT2D eigenvalue weighted by molar-refractivity contribution is 6.35. The average molecular weight is 416 g/mol. The van der Waals surface area contributed by atoms with Gasteiger partial charge >= 0.3 is 12.0 Å². The molecule has 0 unspecified atom stereocenters. The summed E-state index contributed by atoms with van der Waals surface area (Å²) in [5, 5.41) is 3.28. The van der Waals surface area contributed by atoms with E-state index in [2.05, 4.69) is 5.32 Å². The van der Waals surface area contributed by atoms with E-state index >= 15 is 0 Å². The molecule has 0 aromatic heterocycles. The van der Waals surface area contributed by atoms with Crippen LogP contribution in [0, 0.1) is 0 Å². The number of urea groups is 1. The molecule has 1 aromatic rings. The molecule has 2 rings (SSSR count). The van der Waals surface area contributed by atoms with E-state index in [9.17, 15) is 19.2 Å². The summed E-state index contributed by atoms with van der Waals surface area (Å²) in [6.07, 6.45) is -0.805. The summed E-state index contributed by atoms with van der Waals surface area (Å²) in [7, 11) is 1.53. The maximum Gasteiger partial charge on any atom is 0.326 e. The Labute approximate surface area is 166 Å². The molecule has 0 spiro atoms. The lowest BCUT2D eigenvalue weighted by molar-refractivity contribution is -0.153. The molecule has 1 N–H and O–H groups in total. The third-order valence-electron chi connectivity index (χ3n) is 3.80. The number of esters is 1. The third kappa shape index (κ3) is 5.83. The molecule has 0 aliphatic carbocycles. The Kier molecular flexibility index (Phi) is 7.04. The zero-order valence-electron chi connectivity index (χ0n) is 14.8. The fourth-order valence-electron chi connectivity index (χ4n) is 2.45. The normalized spacial score (nSPS) is 15.1. The molecule has 1 aliphatic rings. The van der Waals surface area contributed by atoms with Crippen molar-refractivity contribution in [3.8, 4) is 0 Å². The molecule has 1 heterocycles. The van der Waals surface area contributed by atoms with E-state index in [0.717, 1.165) is 4.90 Å². The summed E-state index contributed by atoms with van der Waals surface area (Å²) in [5.74, 6) is -1.44. The van der Waals surface area contributed by atoms with Crippen molar-refractivity contribution in [3.05, 3.63) is 28.2 Å². The maximum atomic E-state index is 12.1. The number of imide groups is 1. The molecule has 0 radical (unpaired) electrons. The number of ether oxygens (including phenoxy) is 1. The van der Waals surface area contributed by atoms with Crippen molar-refractivity contribution in [2.45, 2.75) is 25.9 Å². The summed E-state index contributed by atoms with van der Waals surface area (Å²) >= 11 is 11.7. The number of nitrogens with zero attached hydrogens (tertiary/aromatic N) is 2. The molecule has 1 aromatic carbocycles. The Morgan fingerprint density at radius 3 is 2.41 bits per heavy atom. The van der Waals surface area contributed by atoms with Crippen molar-refractivity contribution in [2.75, 3.05) is 25.5 Å². The summed E-state index contributed by atoms with van der Waals surface area (Å²) < 4.78 is 5.07. The van der Waals surface area contributed by atoms with Gasteiger partial charge in [0.15, 0.2) is 6.10 Å². The predicted molar refractivity (Wildman–Crippen MR) is 99.6 cm³/mol. The average Bonchev–Trinajstić information content (AvgIpc) is 2.79. The van der Waals surface area contributed by atoms with E-state index in [4.69, 9.17) is 27.9 Å². The fourth-order valence-corrected chi connectivity index (χ4v) is 2.98. The molecule has 0 bridgehead atoms. The van der Waals surface area contributed by atoms with Crippen molar-refractivity contribution >= 4 is 52.7 Å². The molecule has 10 heteroatoms. The molecule has 1 atom stereocenters. The van der Waals surface area contributed by atoms with Crippen LogP contribution in [0.1, 0.15) is 19.8 Å². The number of benzene rings is 1. The van der Waals surface area contributed by atoms with Gasteiger partial charge in [0.2, 0.25) is 5.91 Å². The smallest absolute Gasteiger partial charge is 0.326 e. The van der Waals surface area contributed by atoms with Gasteiger partial charge in [0.25, 0.3) is 5.91 Å². The summed E-state index contributed by atoms with van der Waals surface area (Å²) in [4.78, 5) is 49.7. The lowest BCUT2D eigenvalue weighted by Gasteiger charge is -2.15. The van der Waals surface area contributed by atoms with E-state index in [1.807, 2.05) is 0 Å². The summed E-state index contributed by atoms with van der Waals surface area (Å²) in [5.41, 5.74) is 0.385. The highest BCUT2D eigenvalue weighted by Gasteiger charge is 2.33. The number of halogens is 2. The first kappa shape index (κ1) is 21.0. The molecule has 146 valence electrons. The van der Waals surface area contributed by atoms with Crippen LogP contribution in [0.15, 0.2) is 18.2 Å². The number of likely N-dealkylation sites (N-methyl/N-ethyl adjacent to an activating group) is 1. The first-order valence-corrected chi connectivity index (χ1v) is 8.95. The van der Waals surface area contributed by atoms with E-state index in [0.29, 0.717) is 15.7 Å². The topological polar surface area (TPSA) is 96.0 Å². The monoisotopic (exact) mass is 415 g/mol. The van der Waals surface area contributed by atoms with Crippen LogP contribution < -0.4 is 5.32 Å². The van der Waals surface area contributed by atoms with Gasteiger partial charge in [0, 0.05) is 35.7 Å². The zero-order valence-corrected chi connectivity index (χ0v) is 16.3. The number of carbonyl (C=O) groups excluding carboxylic acids is 4. The molecular formula is C17H19Cl2N3O5. The van der Waals surface area contributed by atoms with Gasteiger partial charge in [-0.1, -0.05) is 23.2 Å². The number of hydrogen-bond donors (Lipinski definition) is 1. The Morgan fingerprint density at radius 1 is 1.22 bits per heavy atom. The number of nitrogens with one attached hydrogen (secondary N) is 1. The lowest BCUT2D eigenvalue weighted by atomic mass is 10.2. The number of carbonyl (C=O) groups is 4. The highest BCUT2D eigenvalue weighted by atomic mass is 35.5. The van der Waals surface area contributed by atoms with Crippen molar-refractivity contribution in [1.82, 2.24) is 9.80 Å². The van der Waals surface area contributed by atoms with E-state index in [1.54, 1.807) is 0 Å². The largest absolute Gasteiger partial charge is 0.453 e. The first-order valence-electron chi connectivity index (χ1n) is 8.19. The molecular weight excluding hydrogens is 397 g/mol. The molecule has 0 saturated carbocycles. The van der Waals surface area contributed by atoms with E-state index < -0.39 is 18.0 Å². The van der Waals surface area contributed by atoms with Crippen molar-refractivity contribution in [3.63, 3.8) is 0 Å². The van der Waals surface area contributed by atoms with Gasteiger partial charge in [0.05, 0.1) is 0 Å². The number of rotatable bonds is 7. The molecule has 1 fully saturated rings. The van der Waals surface area contributed by atoms with Gasteiger partial charge in [-0.2, -0.15) is 0 Å². The standard InChI is InChI=1S/C17H19Cl2N3O5/c1-10(16(25)20-13-7-11(18)6-12(19)8-13)27-15(24)4-3-5-22-14(23)9-21(2)17(22)26/h6-8,10H,3-5,9H2,1-2H3,(H,20,25)/t10-/m1/s1. The summed E-state index contributed by atoms with van der Waals surface area (Å²) in [6, 6.07) is 4.17. The first-order chi connectivity index (χ1) is 12.7. The van der Waals surface area contributed by atoms with Crippen LogP contribution in [0.3, 0.4) is 0 Å². The lowest BCUT2D eigenvalue weighted by Crippen LogP contribution is -2.33. The minimum absolute atomic E-state index is 0.0264. The number of amides is 4. The predicted octanol–water partition coefficient (Wildman–Crippen LogP) is 2.54. The van der Waals surface area contributed by atoms with E-state index in [-0.39, 0.29) is 37.9 Å². The number of hydrogen-bond acceptors (Lipinski definition) is 5. The third-order valence-corrected chi connectivity index (χ3v) is 4.24. The van der Waals surface area contributed by atoms with Gasteiger partial charge in [-0.25, -0.2) is 4.79 Å². The van der Waals surface area contributed by atoms with Gasteiger partial charge in [-0.3, -0.25) is 19.3 Å². The van der Waals surface area contributed by atoms with Crippen molar-refractivity contribution in [1.29, 1.82) is 0 Å². The van der Waals surface area contributed by atoms with Crippen molar-refractivity contribution < 1.29 is 23.9 Å². The van der Waals surface area contributed by atoms with Crippen LogP contribution in [0.5, 0.6) is 0 Å². The SMILES string of the molecule is C[C@@H](OC(=O)CCCN1C(=O)CN(C)C1=O)C(=O)Nc1cc(Cl)cc(Cl)c1. The van der Waals surface area contributed by atoms with Gasteiger partial charge in [-0.15, -0.1) is 0 Å². The van der Waals surface area contributed by atoms with Crippen LogP contribution in [0.25, 0.3) is 0 Å². The Hall–Kier alpha value is -2.32. The Bertz CT molecular complexity index is 751. The van der Waals surface area contributed by atoms with Crippen LogP contribution in [0.2, 0.25) is 10.0 Å². The van der Waals surface area contributed by atoms with Gasteiger partial charge in [0.1, 0.15) is 6.54 Å². The molecule has 4 amide bonds. The van der Waals surface area contributed by atoms with Crippen LogP contribution >= 0.6 is 23.2 Å². The van der Waals surface area contributed by atoms with Gasteiger partial charge in [-0.05, 0) is 31.5 Å². The second-order valence-electron chi connectivity index (χ2n) is 6.07. The minimum Gasteiger partial charge on any atom is -0.453 e. The zero-order chi connectivity index (χ0) is 20.1. The summed E-state index contributed by atoms with van der Waals surface area (Å²) in [6.45, 7) is 1.59. The Balaban J connectivity index is 1.77. The minimum atomic E-state index is -1.03. The molecule has 27 heavy (non-hydrogen) atoms. The maximum absolute atomic E-state index is 12.1. The highest BCUT2D eigenvalue weighted by Crippen LogP contribution is 2.22. The second kappa shape index (κ2) is 9.05. The van der Waals surface area contributed by atoms with Crippen molar-refractivity contribution in [2.24, 2.45) is 0 Å². The van der Waals surface area contributed by atoms with Gasteiger partial charge < -0.3 is 15.0 Å². The molecule has 8 nitrogen and oxygen atoms in total. The van der Waals surface area contributed by atoms with Crippen LogP contribution in [-0.2, 0) is 19.1 Å². The quantitative estimate of drug-likeness (QED) is 0.545. The molecule has 1 aliphatic heterocycles. The van der Waals surface area contributed by atoms with Crippen LogP contribution in [0.4, 0.5) is 10.5 Å². The van der Waals surface area contributed by atoms with Crippen LogP contribution in [-0.4, -0.2) is 59.9 Å². The molecule has 1 saturated heterocycles. The fraction of sp³-hybridized carbons (Fsp3) is 0.412. The second-order valence-corrected chi connectivity index (χ2v) is 6.94.